The Kier molecular flexibility index (Phi) is 5.85. The summed E-state index contributed by atoms with van der Waals surface area (Å²) in [5.41, 5.74) is 2.29. The van der Waals surface area contributed by atoms with E-state index in [1.165, 1.54) is 4.90 Å². The van der Waals surface area contributed by atoms with Crippen LogP contribution in [-0.4, -0.2) is 23.4 Å². The van der Waals surface area contributed by atoms with Crippen LogP contribution in [-0.2, 0) is 0 Å². The molecule has 0 heterocycles. The van der Waals surface area contributed by atoms with E-state index < -0.39 is 0 Å². The second-order valence-electron chi connectivity index (χ2n) is 5.35. The van der Waals surface area contributed by atoms with E-state index >= 15 is 0 Å². The van der Waals surface area contributed by atoms with Gasteiger partial charge in [-0.2, -0.15) is 0 Å². The molecule has 2 aromatic carbocycles. The molecular formula is C18H22O2S. The van der Waals surface area contributed by atoms with Crippen LogP contribution in [0.25, 0.3) is 0 Å². The largest absolute Gasteiger partial charge is 0.396 e. The molecule has 0 aliphatic heterocycles. The number of hydrogen-bond donors (Lipinski definition) is 2. The molecule has 3 heteroatoms. The minimum absolute atomic E-state index is 0.0852. The third kappa shape index (κ3) is 3.88. The van der Waals surface area contributed by atoms with E-state index in [9.17, 15) is 10.2 Å². The highest BCUT2D eigenvalue weighted by Crippen LogP contribution is 2.39. The number of rotatable bonds is 6. The molecule has 2 N–H and O–H groups in total. The first-order valence-electron chi connectivity index (χ1n) is 7.24. The zero-order valence-corrected chi connectivity index (χ0v) is 13.3. The van der Waals surface area contributed by atoms with Crippen molar-refractivity contribution in [3.63, 3.8) is 0 Å². The first-order valence-corrected chi connectivity index (χ1v) is 8.06. The van der Waals surface area contributed by atoms with Crippen molar-refractivity contribution < 1.29 is 10.2 Å². The maximum absolute atomic E-state index is 9.51. The summed E-state index contributed by atoms with van der Waals surface area (Å²) >= 11 is 1.71. The molecule has 112 valence electrons. The summed E-state index contributed by atoms with van der Waals surface area (Å²) in [7, 11) is 0. The summed E-state index contributed by atoms with van der Waals surface area (Å²) in [4.78, 5) is 2.33. The number of benzene rings is 2. The second-order valence-corrected chi connectivity index (χ2v) is 6.43. The van der Waals surface area contributed by atoms with Gasteiger partial charge in [-0.1, -0.05) is 62.0 Å². The van der Waals surface area contributed by atoms with Gasteiger partial charge >= 0.3 is 0 Å². The molecule has 0 aliphatic carbocycles. The molecule has 0 amide bonds. The monoisotopic (exact) mass is 302 g/mol. The molecular weight excluding hydrogens is 280 g/mol. The second kappa shape index (κ2) is 7.64. The maximum atomic E-state index is 9.51. The topological polar surface area (TPSA) is 40.5 Å². The van der Waals surface area contributed by atoms with E-state index in [4.69, 9.17) is 0 Å². The molecule has 21 heavy (non-hydrogen) atoms. The SMILES string of the molecule is CC(CO)c1cccc(C(C)CO)c1Sc1ccccc1. The first kappa shape index (κ1) is 16.1. The van der Waals surface area contributed by atoms with E-state index in [0.717, 1.165) is 16.0 Å². The fourth-order valence-electron chi connectivity index (χ4n) is 2.27. The lowest BCUT2D eigenvalue weighted by Gasteiger charge is -2.20. The van der Waals surface area contributed by atoms with Gasteiger partial charge in [-0.25, -0.2) is 0 Å². The zero-order valence-electron chi connectivity index (χ0n) is 12.5. The smallest absolute Gasteiger partial charge is 0.0497 e. The van der Waals surface area contributed by atoms with Crippen LogP contribution in [0.1, 0.15) is 36.8 Å². The molecule has 0 saturated heterocycles. The Morgan fingerprint density at radius 2 is 1.33 bits per heavy atom. The van der Waals surface area contributed by atoms with Gasteiger partial charge in [-0.3, -0.25) is 0 Å². The van der Waals surface area contributed by atoms with Crippen molar-refractivity contribution in [3.8, 4) is 0 Å². The molecule has 2 rings (SSSR count). The Hall–Kier alpha value is -1.29. The van der Waals surface area contributed by atoms with Crippen LogP contribution >= 0.6 is 11.8 Å². The lowest BCUT2D eigenvalue weighted by molar-refractivity contribution is 0.268. The van der Waals surface area contributed by atoms with E-state index in [1.54, 1.807) is 11.8 Å². The molecule has 2 nitrogen and oxygen atoms in total. The Bertz CT molecular complexity index is 540. The molecule has 2 atom stereocenters. The van der Waals surface area contributed by atoms with Crippen molar-refractivity contribution in [2.75, 3.05) is 13.2 Å². The number of hydrogen-bond acceptors (Lipinski definition) is 3. The average molecular weight is 302 g/mol. The zero-order chi connectivity index (χ0) is 15.2. The highest BCUT2D eigenvalue weighted by atomic mass is 32.2. The van der Waals surface area contributed by atoms with Crippen LogP contribution in [0.3, 0.4) is 0 Å². The van der Waals surface area contributed by atoms with Crippen LogP contribution in [0.2, 0.25) is 0 Å². The van der Waals surface area contributed by atoms with Gasteiger partial charge in [-0.05, 0) is 23.3 Å². The molecule has 0 aromatic heterocycles. The lowest BCUT2D eigenvalue weighted by atomic mass is 9.94. The summed E-state index contributed by atoms with van der Waals surface area (Å²) < 4.78 is 0. The molecule has 0 bridgehead atoms. The summed E-state index contributed by atoms with van der Waals surface area (Å²) in [6, 6.07) is 16.4. The normalized spacial score (nSPS) is 13.9. The van der Waals surface area contributed by atoms with Gasteiger partial charge in [-0.15, -0.1) is 0 Å². The Morgan fingerprint density at radius 3 is 1.81 bits per heavy atom. The highest BCUT2D eigenvalue weighted by molar-refractivity contribution is 7.99. The minimum atomic E-state index is 0.0852. The van der Waals surface area contributed by atoms with Crippen LogP contribution in [0.5, 0.6) is 0 Å². The fraction of sp³-hybridized carbons (Fsp3) is 0.333. The maximum Gasteiger partial charge on any atom is 0.0497 e. The quantitative estimate of drug-likeness (QED) is 0.846. The first-order chi connectivity index (χ1) is 10.2. The van der Waals surface area contributed by atoms with Gasteiger partial charge in [0.1, 0.15) is 0 Å². The molecule has 0 spiro atoms. The van der Waals surface area contributed by atoms with Gasteiger partial charge in [0.2, 0.25) is 0 Å². The molecule has 2 unspecified atom stereocenters. The molecule has 0 saturated carbocycles. The predicted molar refractivity (Wildman–Crippen MR) is 88.0 cm³/mol. The van der Waals surface area contributed by atoms with Crippen molar-refractivity contribution in [1.82, 2.24) is 0 Å². The van der Waals surface area contributed by atoms with Crippen LogP contribution in [0.4, 0.5) is 0 Å². The highest BCUT2D eigenvalue weighted by Gasteiger charge is 2.17. The minimum Gasteiger partial charge on any atom is -0.396 e. The summed E-state index contributed by atoms with van der Waals surface area (Å²) in [6.07, 6.45) is 0. The summed E-state index contributed by atoms with van der Waals surface area (Å²) in [5.74, 6) is 0.170. The predicted octanol–water partition coefficient (Wildman–Crippen LogP) is 4.03. The molecule has 2 aromatic rings. The lowest BCUT2D eigenvalue weighted by Crippen LogP contribution is -2.06. The van der Waals surface area contributed by atoms with Crippen molar-refractivity contribution in [3.05, 3.63) is 59.7 Å². The van der Waals surface area contributed by atoms with E-state index in [-0.39, 0.29) is 25.0 Å². The van der Waals surface area contributed by atoms with Crippen molar-refractivity contribution >= 4 is 11.8 Å². The van der Waals surface area contributed by atoms with Gasteiger partial charge in [0, 0.05) is 34.8 Å². The molecule has 0 fully saturated rings. The van der Waals surface area contributed by atoms with Crippen molar-refractivity contribution in [2.45, 2.75) is 35.5 Å². The van der Waals surface area contributed by atoms with Crippen LogP contribution < -0.4 is 0 Å². The van der Waals surface area contributed by atoms with Crippen LogP contribution in [0, 0.1) is 0 Å². The molecule has 0 radical (unpaired) electrons. The molecule has 0 aliphatic rings. The van der Waals surface area contributed by atoms with Gasteiger partial charge in [0.15, 0.2) is 0 Å². The van der Waals surface area contributed by atoms with Crippen molar-refractivity contribution in [1.29, 1.82) is 0 Å². The number of aliphatic hydroxyl groups excluding tert-OH is 2. The van der Waals surface area contributed by atoms with Gasteiger partial charge < -0.3 is 10.2 Å². The summed E-state index contributed by atoms with van der Waals surface area (Å²) in [6.45, 7) is 4.30. The van der Waals surface area contributed by atoms with E-state index in [1.807, 2.05) is 38.1 Å². The Morgan fingerprint density at radius 1 is 0.810 bits per heavy atom. The van der Waals surface area contributed by atoms with E-state index in [0.29, 0.717) is 0 Å². The average Bonchev–Trinajstić information content (AvgIpc) is 2.54. The summed E-state index contributed by atoms with van der Waals surface area (Å²) in [5, 5.41) is 19.0. The van der Waals surface area contributed by atoms with Gasteiger partial charge in [0.05, 0.1) is 0 Å². The standard InChI is InChI=1S/C18H22O2S/c1-13(11-19)16-9-6-10-17(14(2)12-20)18(16)21-15-7-4-3-5-8-15/h3-10,13-14,19-20H,11-12H2,1-2H3. The third-order valence-corrected chi connectivity index (χ3v) is 4.83. The Balaban J connectivity index is 2.47. The Labute approximate surface area is 130 Å². The van der Waals surface area contributed by atoms with Crippen molar-refractivity contribution in [2.24, 2.45) is 0 Å². The fourth-order valence-corrected chi connectivity index (χ4v) is 3.57. The third-order valence-electron chi connectivity index (χ3n) is 3.65. The number of aliphatic hydroxyl groups is 2. The van der Waals surface area contributed by atoms with Gasteiger partial charge in [0.25, 0.3) is 0 Å². The van der Waals surface area contributed by atoms with E-state index in [2.05, 4.69) is 24.3 Å². The van der Waals surface area contributed by atoms with Crippen LogP contribution in [0.15, 0.2) is 58.3 Å².